The first-order chi connectivity index (χ1) is 13.1. The first-order valence-electron chi connectivity index (χ1n) is 9.30. The molecule has 27 heavy (non-hydrogen) atoms. The minimum absolute atomic E-state index is 0.0797. The molecule has 1 rings (SSSR count). The van der Waals surface area contributed by atoms with Gasteiger partial charge in [0.05, 0.1) is 6.54 Å². The molecule has 7 nitrogen and oxygen atoms in total. The van der Waals surface area contributed by atoms with Crippen LogP contribution in [0, 0.1) is 0 Å². The summed E-state index contributed by atoms with van der Waals surface area (Å²) in [7, 11) is 3.81. The summed E-state index contributed by atoms with van der Waals surface area (Å²) < 4.78 is 6.02. The predicted octanol–water partition coefficient (Wildman–Crippen LogP) is 1.70. The molecule has 0 atom stereocenters. The molecular weight excluding hydrogens is 410 g/mol. The highest BCUT2D eigenvalue weighted by molar-refractivity contribution is 9.10. The van der Waals surface area contributed by atoms with Crippen molar-refractivity contribution in [3.05, 3.63) is 34.3 Å². The highest BCUT2D eigenvalue weighted by atomic mass is 79.9. The van der Waals surface area contributed by atoms with E-state index in [1.165, 1.54) is 0 Å². The molecule has 0 aliphatic carbocycles. The van der Waals surface area contributed by atoms with Gasteiger partial charge in [0.25, 0.3) is 5.91 Å². The number of hydrogen-bond acceptors (Lipinski definition) is 4. The molecule has 0 spiro atoms. The van der Waals surface area contributed by atoms with E-state index in [2.05, 4.69) is 48.8 Å². The molecule has 8 heteroatoms. The van der Waals surface area contributed by atoms with Gasteiger partial charge in [-0.25, -0.2) is 0 Å². The number of halogens is 1. The summed E-state index contributed by atoms with van der Waals surface area (Å²) in [5, 5.41) is 9.36. The summed E-state index contributed by atoms with van der Waals surface area (Å²) in [6.45, 7) is 7.34. The van der Waals surface area contributed by atoms with Crippen LogP contribution in [0.15, 0.2) is 33.7 Å². The van der Waals surface area contributed by atoms with Crippen molar-refractivity contribution in [2.75, 3.05) is 60.0 Å². The monoisotopic (exact) mass is 441 g/mol. The molecule has 0 aliphatic heterocycles. The Bertz CT molecular complexity index is 566. The van der Waals surface area contributed by atoms with Gasteiger partial charge in [-0.15, -0.1) is 0 Å². The van der Waals surface area contributed by atoms with Crippen LogP contribution in [0.25, 0.3) is 0 Å². The smallest absolute Gasteiger partial charge is 0.251 e. The lowest BCUT2D eigenvalue weighted by Gasteiger charge is -2.16. The molecule has 1 amide bonds. The fraction of sp³-hybridized carbons (Fsp3) is 0.579. The first kappa shape index (κ1) is 23.4. The maximum absolute atomic E-state index is 12.1. The highest BCUT2D eigenvalue weighted by Gasteiger charge is 2.04. The lowest BCUT2D eigenvalue weighted by atomic mass is 10.2. The van der Waals surface area contributed by atoms with Gasteiger partial charge >= 0.3 is 0 Å². The third-order valence-corrected chi connectivity index (χ3v) is 4.32. The largest absolute Gasteiger partial charge is 0.385 e. The van der Waals surface area contributed by atoms with E-state index in [4.69, 9.17) is 4.74 Å². The molecule has 0 aromatic heterocycles. The van der Waals surface area contributed by atoms with E-state index in [-0.39, 0.29) is 5.91 Å². The minimum Gasteiger partial charge on any atom is -0.385 e. The predicted molar refractivity (Wildman–Crippen MR) is 114 cm³/mol. The van der Waals surface area contributed by atoms with Crippen LogP contribution in [0.3, 0.4) is 0 Å². The molecule has 0 saturated carbocycles. The van der Waals surface area contributed by atoms with Gasteiger partial charge in [0.1, 0.15) is 0 Å². The number of nitrogens with zero attached hydrogens (tertiary/aromatic N) is 2. The van der Waals surface area contributed by atoms with E-state index in [9.17, 15) is 4.79 Å². The zero-order valence-corrected chi connectivity index (χ0v) is 18.1. The molecule has 0 bridgehead atoms. The molecule has 0 radical (unpaired) electrons. The highest BCUT2D eigenvalue weighted by Crippen LogP contribution is 2.10. The van der Waals surface area contributed by atoms with Gasteiger partial charge in [-0.3, -0.25) is 9.79 Å². The Morgan fingerprint density at radius 3 is 2.52 bits per heavy atom. The number of aliphatic imine (C=N–C) groups is 1. The molecule has 0 unspecified atom stereocenters. The van der Waals surface area contributed by atoms with Crippen LogP contribution in [0.2, 0.25) is 0 Å². The van der Waals surface area contributed by atoms with E-state index in [0.29, 0.717) is 25.2 Å². The Labute approximate surface area is 171 Å². The zero-order valence-electron chi connectivity index (χ0n) is 16.6. The summed E-state index contributed by atoms with van der Waals surface area (Å²) in [5.74, 6) is 0.685. The lowest BCUT2D eigenvalue weighted by molar-refractivity contribution is 0.0954. The molecule has 3 N–H and O–H groups in total. The fourth-order valence-electron chi connectivity index (χ4n) is 2.33. The van der Waals surface area contributed by atoms with Crippen molar-refractivity contribution in [1.29, 1.82) is 0 Å². The Kier molecular flexibility index (Phi) is 12.5. The third-order valence-electron chi connectivity index (χ3n) is 3.79. The first-order valence-corrected chi connectivity index (χ1v) is 10.1. The van der Waals surface area contributed by atoms with Gasteiger partial charge in [0, 0.05) is 56.5 Å². The standard InChI is InChI=1S/C19H32BrN5O2/c1-4-21-19(24-12-14-25(2)13-5-15-27-3)23-11-10-22-18(26)16-6-8-17(20)9-7-16/h6-9H,4-5,10-15H2,1-3H3,(H,22,26)(H2,21,23,24). The average Bonchev–Trinajstić information content (AvgIpc) is 2.65. The number of rotatable bonds is 12. The van der Waals surface area contributed by atoms with E-state index in [1.54, 1.807) is 19.2 Å². The van der Waals surface area contributed by atoms with Crippen molar-refractivity contribution in [2.24, 2.45) is 4.99 Å². The SMILES string of the molecule is CCNC(=NCCN(C)CCCOC)NCCNC(=O)c1ccc(Br)cc1. The quantitative estimate of drug-likeness (QED) is 0.261. The van der Waals surface area contributed by atoms with Crippen molar-refractivity contribution >= 4 is 27.8 Å². The van der Waals surface area contributed by atoms with Gasteiger partial charge in [0.15, 0.2) is 5.96 Å². The zero-order chi connectivity index (χ0) is 19.9. The van der Waals surface area contributed by atoms with E-state index >= 15 is 0 Å². The van der Waals surface area contributed by atoms with Gasteiger partial charge in [-0.2, -0.15) is 0 Å². The number of nitrogens with one attached hydrogen (secondary N) is 3. The number of guanidine groups is 1. The van der Waals surface area contributed by atoms with Gasteiger partial charge in [-0.1, -0.05) is 15.9 Å². The van der Waals surface area contributed by atoms with Crippen molar-refractivity contribution in [3.63, 3.8) is 0 Å². The molecule has 1 aromatic rings. The second-order valence-corrected chi connectivity index (χ2v) is 7.02. The van der Waals surface area contributed by atoms with Crippen molar-refractivity contribution in [1.82, 2.24) is 20.9 Å². The molecule has 0 heterocycles. The number of carbonyl (C=O) groups excluding carboxylic acids is 1. The van der Waals surface area contributed by atoms with Crippen LogP contribution < -0.4 is 16.0 Å². The number of methoxy groups -OCH3 is 1. The maximum Gasteiger partial charge on any atom is 0.251 e. The van der Waals surface area contributed by atoms with Crippen LogP contribution >= 0.6 is 15.9 Å². The van der Waals surface area contributed by atoms with Crippen LogP contribution in [0.5, 0.6) is 0 Å². The van der Waals surface area contributed by atoms with Crippen LogP contribution in [0.1, 0.15) is 23.7 Å². The van der Waals surface area contributed by atoms with Crippen molar-refractivity contribution in [3.8, 4) is 0 Å². The number of likely N-dealkylation sites (N-methyl/N-ethyl adjacent to an activating group) is 1. The van der Waals surface area contributed by atoms with Crippen LogP contribution in [0.4, 0.5) is 0 Å². The van der Waals surface area contributed by atoms with Crippen LogP contribution in [-0.4, -0.2) is 76.8 Å². The van der Waals surface area contributed by atoms with Gasteiger partial charge < -0.3 is 25.6 Å². The normalized spacial score (nSPS) is 11.5. The summed E-state index contributed by atoms with van der Waals surface area (Å²) in [6, 6.07) is 7.30. The number of hydrogen-bond donors (Lipinski definition) is 3. The topological polar surface area (TPSA) is 78.0 Å². The lowest BCUT2D eigenvalue weighted by Crippen LogP contribution is -2.42. The Morgan fingerprint density at radius 2 is 1.85 bits per heavy atom. The van der Waals surface area contributed by atoms with Crippen molar-refractivity contribution in [2.45, 2.75) is 13.3 Å². The van der Waals surface area contributed by atoms with E-state index in [0.717, 1.165) is 43.1 Å². The summed E-state index contributed by atoms with van der Waals surface area (Å²) >= 11 is 3.36. The third kappa shape index (κ3) is 10.9. The van der Waals surface area contributed by atoms with Crippen molar-refractivity contribution < 1.29 is 9.53 Å². The molecule has 0 saturated heterocycles. The fourth-order valence-corrected chi connectivity index (χ4v) is 2.59. The van der Waals surface area contributed by atoms with Gasteiger partial charge in [-0.05, 0) is 44.7 Å². The Hall–Kier alpha value is -1.64. The molecule has 1 aromatic carbocycles. The second kappa shape index (κ2) is 14.4. The number of carbonyl (C=O) groups is 1. The summed E-state index contributed by atoms with van der Waals surface area (Å²) in [6.07, 6.45) is 1.02. The second-order valence-electron chi connectivity index (χ2n) is 6.10. The summed E-state index contributed by atoms with van der Waals surface area (Å²) in [5.41, 5.74) is 0.648. The Morgan fingerprint density at radius 1 is 1.15 bits per heavy atom. The molecule has 0 aliphatic rings. The summed E-state index contributed by atoms with van der Waals surface area (Å²) in [4.78, 5) is 18.9. The number of benzene rings is 1. The molecule has 0 fully saturated rings. The van der Waals surface area contributed by atoms with E-state index in [1.807, 2.05) is 19.1 Å². The molecular formula is C19H32BrN5O2. The van der Waals surface area contributed by atoms with Crippen LogP contribution in [-0.2, 0) is 4.74 Å². The minimum atomic E-state index is -0.0797. The van der Waals surface area contributed by atoms with E-state index < -0.39 is 0 Å². The molecule has 152 valence electrons. The number of amides is 1. The Balaban J connectivity index is 2.28. The maximum atomic E-state index is 12.1. The van der Waals surface area contributed by atoms with Gasteiger partial charge in [0.2, 0.25) is 0 Å². The average molecular weight is 442 g/mol. The number of ether oxygens (including phenoxy) is 1.